The number of amides is 3. The molecule has 1 N–H and O–H groups in total. The molecule has 8 nitrogen and oxygen atoms in total. The van der Waals surface area contributed by atoms with E-state index in [4.69, 9.17) is 4.74 Å². The van der Waals surface area contributed by atoms with E-state index in [0.29, 0.717) is 6.54 Å². The number of methoxy groups -OCH3 is 1. The SMILES string of the molecule is COc1ccccc1N1CCN(CCCCCN2NCC(=O)N(C)C2=O)CC1. The van der Waals surface area contributed by atoms with Gasteiger partial charge in [0.15, 0.2) is 0 Å². The van der Waals surface area contributed by atoms with Gasteiger partial charge in [-0.1, -0.05) is 18.6 Å². The first-order chi connectivity index (χ1) is 13.6. The lowest BCUT2D eigenvalue weighted by atomic mass is 10.2. The number of rotatable bonds is 8. The molecule has 2 fully saturated rings. The van der Waals surface area contributed by atoms with Crippen molar-refractivity contribution >= 4 is 17.6 Å². The summed E-state index contributed by atoms with van der Waals surface area (Å²) in [6.45, 7) is 6.03. The number of carbonyl (C=O) groups is 2. The Hall–Kier alpha value is -2.32. The van der Waals surface area contributed by atoms with Gasteiger partial charge in [0, 0.05) is 39.8 Å². The van der Waals surface area contributed by atoms with Gasteiger partial charge in [-0.2, -0.15) is 0 Å². The summed E-state index contributed by atoms with van der Waals surface area (Å²) in [5, 5.41) is 1.55. The van der Waals surface area contributed by atoms with Gasteiger partial charge in [-0.15, -0.1) is 0 Å². The normalized spacial score (nSPS) is 18.7. The fourth-order valence-corrected chi connectivity index (χ4v) is 3.70. The molecule has 3 amide bonds. The third-order valence-electron chi connectivity index (χ3n) is 5.47. The van der Waals surface area contributed by atoms with Gasteiger partial charge in [-0.25, -0.2) is 10.2 Å². The van der Waals surface area contributed by atoms with Crippen LogP contribution in [0.25, 0.3) is 0 Å². The van der Waals surface area contributed by atoms with E-state index in [1.807, 2.05) is 12.1 Å². The number of piperazine rings is 1. The smallest absolute Gasteiger partial charge is 0.340 e. The quantitative estimate of drug-likeness (QED) is 0.678. The van der Waals surface area contributed by atoms with Crippen LogP contribution in [0.1, 0.15) is 19.3 Å². The Morgan fingerprint density at radius 2 is 1.71 bits per heavy atom. The van der Waals surface area contributed by atoms with E-state index < -0.39 is 0 Å². The fraction of sp³-hybridized carbons (Fsp3) is 0.600. The molecule has 0 aromatic heterocycles. The second-order valence-corrected chi connectivity index (χ2v) is 7.28. The van der Waals surface area contributed by atoms with Crippen molar-refractivity contribution in [2.75, 3.05) is 64.9 Å². The topological polar surface area (TPSA) is 68.4 Å². The molecule has 0 saturated carbocycles. The number of hydrogen-bond acceptors (Lipinski definition) is 6. The van der Waals surface area contributed by atoms with E-state index in [-0.39, 0.29) is 18.5 Å². The molecule has 2 heterocycles. The third-order valence-corrected chi connectivity index (χ3v) is 5.47. The average Bonchev–Trinajstić information content (AvgIpc) is 2.73. The van der Waals surface area contributed by atoms with Gasteiger partial charge < -0.3 is 9.64 Å². The zero-order chi connectivity index (χ0) is 19.9. The van der Waals surface area contributed by atoms with Crippen molar-refractivity contribution in [1.82, 2.24) is 20.2 Å². The minimum atomic E-state index is -0.260. The highest BCUT2D eigenvalue weighted by Gasteiger charge is 2.28. The van der Waals surface area contributed by atoms with Crippen LogP contribution in [0, 0.1) is 0 Å². The number of carbonyl (C=O) groups excluding carboxylic acids is 2. The molecule has 28 heavy (non-hydrogen) atoms. The van der Waals surface area contributed by atoms with Crippen LogP contribution in [-0.4, -0.2) is 86.7 Å². The number of nitrogens with zero attached hydrogens (tertiary/aromatic N) is 4. The maximum Gasteiger partial charge on any atom is 0.340 e. The number of benzene rings is 1. The average molecular weight is 390 g/mol. The van der Waals surface area contributed by atoms with Crippen molar-refractivity contribution in [3.63, 3.8) is 0 Å². The van der Waals surface area contributed by atoms with Crippen LogP contribution in [-0.2, 0) is 4.79 Å². The molecule has 0 spiro atoms. The Morgan fingerprint density at radius 3 is 2.46 bits per heavy atom. The minimum absolute atomic E-state index is 0.187. The number of para-hydroxylation sites is 2. The number of imide groups is 1. The number of anilines is 1. The van der Waals surface area contributed by atoms with Crippen LogP contribution in [0.4, 0.5) is 10.5 Å². The molecule has 0 aliphatic carbocycles. The van der Waals surface area contributed by atoms with E-state index >= 15 is 0 Å². The maximum absolute atomic E-state index is 12.0. The summed E-state index contributed by atoms with van der Waals surface area (Å²) in [5.74, 6) is 0.748. The van der Waals surface area contributed by atoms with Crippen molar-refractivity contribution in [1.29, 1.82) is 0 Å². The Balaban J connectivity index is 1.32. The molecule has 0 bridgehead atoms. The van der Waals surface area contributed by atoms with Crippen molar-refractivity contribution in [3.05, 3.63) is 24.3 Å². The number of hydrazine groups is 1. The zero-order valence-electron chi connectivity index (χ0n) is 16.9. The first-order valence-corrected chi connectivity index (χ1v) is 10.0. The van der Waals surface area contributed by atoms with Crippen molar-refractivity contribution in [2.24, 2.45) is 0 Å². The highest BCUT2D eigenvalue weighted by Crippen LogP contribution is 2.28. The molecule has 3 rings (SSSR count). The highest BCUT2D eigenvalue weighted by molar-refractivity contribution is 5.96. The predicted octanol–water partition coefficient (Wildman–Crippen LogP) is 1.39. The van der Waals surface area contributed by atoms with E-state index in [1.54, 1.807) is 12.1 Å². The van der Waals surface area contributed by atoms with Gasteiger partial charge in [-0.3, -0.25) is 19.6 Å². The molecule has 0 atom stereocenters. The van der Waals surface area contributed by atoms with Crippen LogP contribution < -0.4 is 15.1 Å². The standard InChI is InChI=1S/C20H31N5O3/c1-22-19(26)16-21-25(20(22)27)11-7-3-6-10-23-12-14-24(15-13-23)17-8-4-5-9-18(17)28-2/h4-5,8-9,21H,3,6-7,10-16H2,1-2H3. The molecule has 0 unspecified atom stereocenters. The lowest BCUT2D eigenvalue weighted by molar-refractivity contribution is -0.130. The van der Waals surface area contributed by atoms with Crippen LogP contribution in [0.2, 0.25) is 0 Å². The molecular formula is C20H31N5O3. The Morgan fingerprint density at radius 1 is 1.00 bits per heavy atom. The molecule has 2 saturated heterocycles. The summed E-state index contributed by atoms with van der Waals surface area (Å²) in [6, 6.07) is 7.93. The Bertz CT molecular complexity index is 676. The third kappa shape index (κ3) is 4.94. The highest BCUT2D eigenvalue weighted by atomic mass is 16.5. The largest absolute Gasteiger partial charge is 0.495 e. The zero-order valence-corrected chi connectivity index (χ0v) is 16.9. The number of nitrogens with one attached hydrogen (secondary N) is 1. The Labute approximate surface area is 167 Å². The van der Waals surface area contributed by atoms with Gasteiger partial charge in [-0.05, 0) is 31.5 Å². The first kappa shape index (κ1) is 20.4. The van der Waals surface area contributed by atoms with E-state index in [0.717, 1.165) is 57.7 Å². The summed E-state index contributed by atoms with van der Waals surface area (Å²) in [7, 11) is 3.25. The summed E-state index contributed by atoms with van der Waals surface area (Å²) in [5.41, 5.74) is 4.06. The monoisotopic (exact) mass is 389 g/mol. The van der Waals surface area contributed by atoms with Crippen LogP contribution in [0.15, 0.2) is 24.3 Å². The van der Waals surface area contributed by atoms with Crippen LogP contribution in [0.5, 0.6) is 5.75 Å². The first-order valence-electron chi connectivity index (χ1n) is 10.0. The predicted molar refractivity (Wildman–Crippen MR) is 108 cm³/mol. The van der Waals surface area contributed by atoms with Crippen LogP contribution in [0.3, 0.4) is 0 Å². The number of unbranched alkanes of at least 4 members (excludes halogenated alkanes) is 2. The van der Waals surface area contributed by atoms with Crippen molar-refractivity contribution in [2.45, 2.75) is 19.3 Å². The van der Waals surface area contributed by atoms with Gasteiger partial charge in [0.25, 0.3) is 0 Å². The molecule has 2 aliphatic rings. The van der Waals surface area contributed by atoms with Gasteiger partial charge >= 0.3 is 6.03 Å². The molecule has 0 radical (unpaired) electrons. The minimum Gasteiger partial charge on any atom is -0.495 e. The number of urea groups is 1. The fourth-order valence-electron chi connectivity index (χ4n) is 3.70. The van der Waals surface area contributed by atoms with Crippen LogP contribution >= 0.6 is 0 Å². The number of ether oxygens (including phenoxy) is 1. The van der Waals surface area contributed by atoms with Crippen molar-refractivity contribution in [3.8, 4) is 5.75 Å². The molecule has 1 aromatic carbocycles. The number of hydrogen-bond donors (Lipinski definition) is 1. The van der Waals surface area contributed by atoms with Gasteiger partial charge in [0.2, 0.25) is 5.91 Å². The molecule has 154 valence electrons. The van der Waals surface area contributed by atoms with E-state index in [1.165, 1.54) is 17.6 Å². The summed E-state index contributed by atoms with van der Waals surface area (Å²) in [6.07, 6.45) is 3.11. The maximum atomic E-state index is 12.0. The second kappa shape index (κ2) is 9.75. The molecule has 8 heteroatoms. The lowest BCUT2D eigenvalue weighted by Gasteiger charge is -2.36. The lowest BCUT2D eigenvalue weighted by Crippen LogP contribution is -2.59. The molecule has 2 aliphatic heterocycles. The van der Waals surface area contributed by atoms with Crippen molar-refractivity contribution < 1.29 is 14.3 Å². The Kier molecular flexibility index (Phi) is 7.11. The second-order valence-electron chi connectivity index (χ2n) is 7.28. The summed E-state index contributed by atoms with van der Waals surface area (Å²) >= 11 is 0. The van der Waals surface area contributed by atoms with Gasteiger partial charge in [0.1, 0.15) is 5.75 Å². The molecule has 1 aromatic rings. The van der Waals surface area contributed by atoms with E-state index in [2.05, 4.69) is 27.4 Å². The van der Waals surface area contributed by atoms with Gasteiger partial charge in [0.05, 0.1) is 19.3 Å². The summed E-state index contributed by atoms with van der Waals surface area (Å²) in [4.78, 5) is 29.5. The van der Waals surface area contributed by atoms with E-state index in [9.17, 15) is 9.59 Å². The summed E-state index contributed by atoms with van der Waals surface area (Å²) < 4.78 is 5.48. The molecular weight excluding hydrogens is 358 g/mol. The number of likely N-dealkylation sites (N-methyl/N-ethyl adjacent to an activating group) is 1.